The van der Waals surface area contributed by atoms with Crippen LogP contribution in [0, 0.1) is 5.82 Å². The van der Waals surface area contributed by atoms with Crippen molar-refractivity contribution in [3.8, 4) is 22.4 Å². The number of nitrogens with one attached hydrogen (secondary N) is 1. The van der Waals surface area contributed by atoms with Crippen LogP contribution in [0.25, 0.3) is 22.4 Å². The number of halogens is 1. The van der Waals surface area contributed by atoms with E-state index in [0.29, 0.717) is 36.5 Å². The third-order valence-corrected chi connectivity index (χ3v) is 7.21. The van der Waals surface area contributed by atoms with Gasteiger partial charge in [-0.3, -0.25) is 4.98 Å². The zero-order valence-electron chi connectivity index (χ0n) is 16.4. The van der Waals surface area contributed by atoms with E-state index in [1.54, 1.807) is 36.4 Å². The second-order valence-electron chi connectivity index (χ2n) is 7.19. The molecule has 1 fully saturated rings. The second-order valence-corrected chi connectivity index (χ2v) is 9.05. The van der Waals surface area contributed by atoms with Gasteiger partial charge in [0.2, 0.25) is 10.0 Å². The molecule has 3 aromatic rings. The maximum Gasteiger partial charge on any atom is 0.244 e. The minimum absolute atomic E-state index is 0.165. The van der Waals surface area contributed by atoms with E-state index in [9.17, 15) is 12.8 Å². The van der Waals surface area contributed by atoms with Crippen molar-refractivity contribution in [1.82, 2.24) is 19.6 Å². The number of sulfonamides is 1. The molecule has 2 aromatic carbocycles. The smallest absolute Gasteiger partial charge is 0.244 e. The second kappa shape index (κ2) is 8.10. The summed E-state index contributed by atoms with van der Waals surface area (Å²) in [6.45, 7) is 3.44. The van der Waals surface area contributed by atoms with Crippen molar-refractivity contribution in [2.45, 2.75) is 17.9 Å². The standard InChI is InChI=1S/C21H22FN5O2S/c1-14-11-24-8-9-27(14)30(28,29)20-5-3-2-4-16(20)15-6-7-17(18(22)10-15)19-12-26-21(23)13-25-19/h2-7,10,12-14,24H,8-9,11H2,1H3,(H2,23,26)/t14-/m0/s1. The van der Waals surface area contributed by atoms with Crippen LogP contribution < -0.4 is 11.1 Å². The molecule has 0 amide bonds. The van der Waals surface area contributed by atoms with Gasteiger partial charge >= 0.3 is 0 Å². The van der Waals surface area contributed by atoms with E-state index in [2.05, 4.69) is 15.3 Å². The Kier molecular flexibility index (Phi) is 5.50. The molecule has 0 saturated carbocycles. The number of hydrogen-bond acceptors (Lipinski definition) is 6. The summed E-state index contributed by atoms with van der Waals surface area (Å²) in [6, 6.07) is 11.1. The minimum Gasteiger partial charge on any atom is -0.382 e. The lowest BCUT2D eigenvalue weighted by Gasteiger charge is -2.33. The van der Waals surface area contributed by atoms with Crippen LogP contribution in [0.1, 0.15) is 6.92 Å². The molecule has 0 unspecified atom stereocenters. The molecule has 30 heavy (non-hydrogen) atoms. The van der Waals surface area contributed by atoms with E-state index in [1.807, 2.05) is 6.92 Å². The van der Waals surface area contributed by atoms with E-state index < -0.39 is 15.8 Å². The van der Waals surface area contributed by atoms with Crippen LogP contribution in [-0.4, -0.2) is 48.4 Å². The van der Waals surface area contributed by atoms with E-state index in [4.69, 9.17) is 5.73 Å². The van der Waals surface area contributed by atoms with Crippen LogP contribution in [0.4, 0.5) is 10.2 Å². The Hall–Kier alpha value is -2.88. The first-order chi connectivity index (χ1) is 14.4. The van der Waals surface area contributed by atoms with Gasteiger partial charge in [0.25, 0.3) is 0 Å². The molecule has 7 nitrogen and oxygen atoms in total. The summed E-state index contributed by atoms with van der Waals surface area (Å²) in [4.78, 5) is 8.21. The SMILES string of the molecule is C[C@H]1CNCCN1S(=O)(=O)c1ccccc1-c1ccc(-c2cnc(N)cn2)c(F)c1. The fourth-order valence-corrected chi connectivity index (χ4v) is 5.45. The number of anilines is 1. The lowest BCUT2D eigenvalue weighted by Crippen LogP contribution is -2.52. The highest BCUT2D eigenvalue weighted by Crippen LogP contribution is 2.33. The first-order valence-electron chi connectivity index (χ1n) is 9.57. The van der Waals surface area contributed by atoms with Gasteiger partial charge in [-0.2, -0.15) is 4.31 Å². The van der Waals surface area contributed by atoms with Crippen molar-refractivity contribution in [2.75, 3.05) is 25.4 Å². The third-order valence-electron chi connectivity index (χ3n) is 5.14. The summed E-state index contributed by atoms with van der Waals surface area (Å²) in [5.74, 6) is -0.272. The molecule has 0 bridgehead atoms. The molecule has 0 aliphatic carbocycles. The van der Waals surface area contributed by atoms with Gasteiger partial charge in [0, 0.05) is 36.8 Å². The lowest BCUT2D eigenvalue weighted by atomic mass is 10.0. The van der Waals surface area contributed by atoms with E-state index in [-0.39, 0.29) is 22.3 Å². The van der Waals surface area contributed by atoms with Gasteiger partial charge in [0.1, 0.15) is 11.6 Å². The zero-order valence-corrected chi connectivity index (χ0v) is 17.2. The number of piperazine rings is 1. The fraction of sp³-hybridized carbons (Fsp3) is 0.238. The third kappa shape index (κ3) is 3.79. The normalized spacial score (nSPS) is 17.7. The Morgan fingerprint density at radius 2 is 1.93 bits per heavy atom. The summed E-state index contributed by atoms with van der Waals surface area (Å²) in [7, 11) is -3.74. The van der Waals surface area contributed by atoms with E-state index in [1.165, 1.54) is 22.8 Å². The molecule has 1 aliphatic rings. The highest BCUT2D eigenvalue weighted by atomic mass is 32.2. The lowest BCUT2D eigenvalue weighted by molar-refractivity contribution is 0.284. The van der Waals surface area contributed by atoms with Crippen LogP contribution in [0.15, 0.2) is 59.8 Å². The first kappa shape index (κ1) is 20.4. The average molecular weight is 428 g/mol. The molecule has 1 aromatic heterocycles. The van der Waals surface area contributed by atoms with Crippen LogP contribution in [0.2, 0.25) is 0 Å². The van der Waals surface area contributed by atoms with Gasteiger partial charge in [-0.1, -0.05) is 24.3 Å². The maximum atomic E-state index is 14.9. The van der Waals surface area contributed by atoms with Crippen molar-refractivity contribution >= 4 is 15.8 Å². The Labute approximate surface area is 174 Å². The zero-order chi connectivity index (χ0) is 21.3. The average Bonchev–Trinajstić information content (AvgIpc) is 2.75. The van der Waals surface area contributed by atoms with Crippen molar-refractivity contribution in [3.63, 3.8) is 0 Å². The van der Waals surface area contributed by atoms with Crippen molar-refractivity contribution in [1.29, 1.82) is 0 Å². The predicted molar refractivity (Wildman–Crippen MR) is 113 cm³/mol. The quantitative estimate of drug-likeness (QED) is 0.664. The molecule has 1 aliphatic heterocycles. The van der Waals surface area contributed by atoms with Crippen LogP contribution in [0.3, 0.4) is 0 Å². The molecule has 1 saturated heterocycles. The number of rotatable bonds is 4. The van der Waals surface area contributed by atoms with Gasteiger partial charge in [0.05, 0.1) is 23.0 Å². The summed E-state index contributed by atoms with van der Waals surface area (Å²) < 4.78 is 43.1. The highest BCUT2D eigenvalue weighted by Gasteiger charge is 2.32. The number of nitrogens with zero attached hydrogens (tertiary/aromatic N) is 3. The van der Waals surface area contributed by atoms with Crippen LogP contribution >= 0.6 is 0 Å². The van der Waals surface area contributed by atoms with Crippen LogP contribution in [0.5, 0.6) is 0 Å². The van der Waals surface area contributed by atoms with Crippen molar-refractivity contribution in [2.24, 2.45) is 0 Å². The fourth-order valence-electron chi connectivity index (χ4n) is 3.60. The molecular formula is C21H22FN5O2S. The van der Waals surface area contributed by atoms with Gasteiger partial charge in [0.15, 0.2) is 0 Å². The summed E-state index contributed by atoms with van der Waals surface area (Å²) in [5, 5.41) is 3.19. The Morgan fingerprint density at radius 3 is 2.63 bits per heavy atom. The number of nitrogen functional groups attached to an aromatic ring is 1. The number of benzene rings is 2. The number of aromatic nitrogens is 2. The van der Waals surface area contributed by atoms with Gasteiger partial charge in [-0.05, 0) is 30.7 Å². The molecule has 2 heterocycles. The minimum atomic E-state index is -3.74. The monoisotopic (exact) mass is 427 g/mol. The predicted octanol–water partition coefficient (Wildman–Crippen LogP) is 2.51. The molecule has 3 N–H and O–H groups in total. The van der Waals surface area contributed by atoms with E-state index in [0.717, 1.165) is 0 Å². The van der Waals surface area contributed by atoms with Crippen molar-refractivity contribution in [3.05, 3.63) is 60.7 Å². The summed E-state index contributed by atoms with van der Waals surface area (Å²) >= 11 is 0. The molecule has 1 atom stereocenters. The first-order valence-corrected chi connectivity index (χ1v) is 11.0. The Morgan fingerprint density at radius 1 is 1.13 bits per heavy atom. The summed E-state index contributed by atoms with van der Waals surface area (Å²) in [6.07, 6.45) is 2.76. The van der Waals surface area contributed by atoms with Gasteiger partial charge in [-0.15, -0.1) is 0 Å². The van der Waals surface area contributed by atoms with Gasteiger partial charge < -0.3 is 11.1 Å². The Bertz CT molecular complexity index is 1170. The summed E-state index contributed by atoms with van der Waals surface area (Å²) in [5.41, 5.74) is 7.09. The largest absolute Gasteiger partial charge is 0.382 e. The number of nitrogens with two attached hydrogens (primary N) is 1. The molecule has 0 spiro atoms. The Balaban J connectivity index is 1.75. The maximum absolute atomic E-state index is 14.9. The molecule has 4 rings (SSSR count). The molecule has 9 heteroatoms. The van der Waals surface area contributed by atoms with E-state index >= 15 is 0 Å². The number of hydrogen-bond donors (Lipinski definition) is 2. The highest BCUT2D eigenvalue weighted by molar-refractivity contribution is 7.89. The molecule has 156 valence electrons. The molecule has 0 radical (unpaired) electrons. The molecular weight excluding hydrogens is 405 g/mol. The topological polar surface area (TPSA) is 101 Å². The van der Waals surface area contributed by atoms with Crippen LogP contribution in [-0.2, 0) is 10.0 Å². The van der Waals surface area contributed by atoms with Crippen molar-refractivity contribution < 1.29 is 12.8 Å². The van der Waals surface area contributed by atoms with Gasteiger partial charge in [-0.25, -0.2) is 17.8 Å².